The first-order chi connectivity index (χ1) is 6.31. The molecule has 0 saturated carbocycles. The van der Waals surface area contributed by atoms with Crippen molar-refractivity contribution < 1.29 is 10.2 Å². The summed E-state index contributed by atoms with van der Waals surface area (Å²) in [6.07, 6.45) is 3.27. The van der Waals surface area contributed by atoms with Crippen LogP contribution in [0.25, 0.3) is 0 Å². The molecule has 0 aliphatic rings. The summed E-state index contributed by atoms with van der Waals surface area (Å²) < 4.78 is -0.750. The summed E-state index contributed by atoms with van der Waals surface area (Å²) in [6, 6.07) is 0. The van der Waals surface area contributed by atoms with Gasteiger partial charge in [-0.15, -0.1) is 6.58 Å². The Balaban J connectivity index is 0. The van der Waals surface area contributed by atoms with Gasteiger partial charge < -0.3 is 10.2 Å². The van der Waals surface area contributed by atoms with Gasteiger partial charge in [0.25, 0.3) is 0 Å². The third-order valence-electron chi connectivity index (χ3n) is 1.57. The lowest BCUT2D eigenvalue weighted by Gasteiger charge is -2.24. The molecule has 0 rings (SSSR count). The molecule has 1 atom stereocenters. The predicted molar refractivity (Wildman–Crippen MR) is 62.7 cm³/mol. The largest absolute Gasteiger partial charge is 0.362 e. The van der Waals surface area contributed by atoms with Gasteiger partial charge in [0.05, 0.1) is 0 Å². The van der Waals surface area contributed by atoms with Crippen molar-refractivity contribution in [1.29, 1.82) is 0 Å². The maximum Gasteiger partial charge on any atom is 0.188 e. The molecule has 0 radical (unpaired) electrons. The molecule has 0 amide bonds. The maximum atomic E-state index is 9.15. The van der Waals surface area contributed by atoms with Crippen molar-refractivity contribution in [3.63, 3.8) is 0 Å². The van der Waals surface area contributed by atoms with Crippen molar-refractivity contribution in [2.24, 2.45) is 5.92 Å². The number of hydrogen-bond donors (Lipinski definition) is 2. The third kappa shape index (κ3) is 8.85. The summed E-state index contributed by atoms with van der Waals surface area (Å²) in [5.74, 6) is -2.12. The molecule has 2 nitrogen and oxygen atoms in total. The molecule has 0 heterocycles. The van der Waals surface area contributed by atoms with Crippen LogP contribution in [-0.2, 0) is 0 Å². The average molecular weight is 262 g/mol. The lowest BCUT2D eigenvalue weighted by molar-refractivity contribution is -0.147. The van der Waals surface area contributed by atoms with Gasteiger partial charge in [-0.3, -0.25) is 0 Å². The van der Waals surface area contributed by atoms with Crippen molar-refractivity contribution >= 4 is 34.8 Å². The Kier molecular flexibility index (Phi) is 10.2. The quantitative estimate of drug-likeness (QED) is 0.464. The van der Waals surface area contributed by atoms with Gasteiger partial charge in [-0.25, -0.2) is 0 Å². The monoisotopic (exact) mass is 260 g/mol. The second kappa shape index (κ2) is 8.57. The van der Waals surface area contributed by atoms with E-state index in [0.29, 0.717) is 6.42 Å². The van der Waals surface area contributed by atoms with E-state index in [1.807, 2.05) is 6.92 Å². The molecule has 0 aromatic carbocycles. The fourth-order valence-electron chi connectivity index (χ4n) is 0.792. The molecule has 0 aromatic rings. The molecule has 0 bridgehead atoms. The third-order valence-corrected chi connectivity index (χ3v) is 1.57. The Hall–Kier alpha value is 0.270. The van der Waals surface area contributed by atoms with Crippen molar-refractivity contribution in [2.75, 3.05) is 0 Å². The SMILES string of the molecule is C=CC(CC)C(O)(O)C=C.ClC(Cl)Cl. The van der Waals surface area contributed by atoms with E-state index in [9.17, 15) is 0 Å². The van der Waals surface area contributed by atoms with Crippen LogP contribution in [0, 0.1) is 5.92 Å². The number of halogens is 3. The summed E-state index contributed by atoms with van der Waals surface area (Å²) in [4.78, 5) is 0. The lowest BCUT2D eigenvalue weighted by atomic mass is 9.96. The van der Waals surface area contributed by atoms with Crippen molar-refractivity contribution in [3.8, 4) is 0 Å². The van der Waals surface area contributed by atoms with Crippen LogP contribution in [0.2, 0.25) is 0 Å². The van der Waals surface area contributed by atoms with E-state index in [0.717, 1.165) is 6.08 Å². The summed E-state index contributed by atoms with van der Waals surface area (Å²) in [5, 5.41) is 18.3. The maximum absolute atomic E-state index is 9.15. The lowest BCUT2D eigenvalue weighted by Crippen LogP contribution is -2.33. The van der Waals surface area contributed by atoms with Gasteiger partial charge in [0.1, 0.15) is 0 Å². The standard InChI is InChI=1S/C8H14O2.CHCl3/c1-4-7(5-2)8(9,10)6-3;2-1(3)4/h4,6-7,9-10H,1,3,5H2,2H3;1H. The van der Waals surface area contributed by atoms with Gasteiger partial charge in [-0.1, -0.05) is 54.4 Å². The number of aliphatic hydroxyl groups is 2. The summed E-state index contributed by atoms with van der Waals surface area (Å²) in [6.45, 7) is 8.64. The number of rotatable bonds is 4. The first-order valence-corrected chi connectivity index (χ1v) is 5.25. The zero-order chi connectivity index (χ0) is 11.8. The highest BCUT2D eigenvalue weighted by Gasteiger charge is 2.26. The molecule has 0 aliphatic carbocycles. The van der Waals surface area contributed by atoms with E-state index in [1.54, 1.807) is 0 Å². The van der Waals surface area contributed by atoms with Crippen molar-refractivity contribution in [2.45, 2.75) is 23.4 Å². The molecular weight excluding hydrogens is 246 g/mol. The van der Waals surface area contributed by atoms with Crippen molar-refractivity contribution in [1.82, 2.24) is 0 Å². The van der Waals surface area contributed by atoms with Gasteiger partial charge in [-0.05, 0) is 12.5 Å². The fourth-order valence-corrected chi connectivity index (χ4v) is 0.792. The van der Waals surface area contributed by atoms with Crippen LogP contribution in [-0.4, -0.2) is 20.3 Å². The smallest absolute Gasteiger partial charge is 0.188 e. The van der Waals surface area contributed by atoms with E-state index in [-0.39, 0.29) is 5.92 Å². The molecule has 0 spiro atoms. The minimum absolute atomic E-state index is 0.329. The molecule has 0 aliphatic heterocycles. The molecule has 0 saturated heterocycles. The summed E-state index contributed by atoms with van der Waals surface area (Å²) in [7, 11) is 0. The number of hydrogen-bond acceptors (Lipinski definition) is 2. The zero-order valence-electron chi connectivity index (χ0n) is 7.96. The molecular formula is C9H15Cl3O2. The Morgan fingerprint density at radius 2 is 1.64 bits per heavy atom. The van der Waals surface area contributed by atoms with Crippen molar-refractivity contribution in [3.05, 3.63) is 25.3 Å². The van der Waals surface area contributed by atoms with Gasteiger partial charge in [-0.2, -0.15) is 0 Å². The molecule has 0 fully saturated rings. The van der Waals surface area contributed by atoms with E-state index < -0.39 is 10.1 Å². The second-order valence-corrected chi connectivity index (χ2v) is 4.46. The van der Waals surface area contributed by atoms with Crippen LogP contribution in [0.1, 0.15) is 13.3 Å². The highest BCUT2D eigenvalue weighted by Crippen LogP contribution is 2.19. The van der Waals surface area contributed by atoms with Crippen LogP contribution >= 0.6 is 34.8 Å². The molecule has 14 heavy (non-hydrogen) atoms. The van der Waals surface area contributed by atoms with E-state index >= 15 is 0 Å². The van der Waals surface area contributed by atoms with E-state index in [4.69, 9.17) is 45.0 Å². The highest BCUT2D eigenvalue weighted by molar-refractivity contribution is 6.63. The topological polar surface area (TPSA) is 40.5 Å². The Labute approximate surface area is 99.8 Å². The van der Waals surface area contributed by atoms with Gasteiger partial charge in [0.2, 0.25) is 0 Å². The number of alkyl halides is 3. The molecule has 84 valence electrons. The van der Waals surface area contributed by atoms with Crippen LogP contribution in [0.4, 0.5) is 0 Å². The Morgan fingerprint density at radius 3 is 1.71 bits per heavy atom. The van der Waals surface area contributed by atoms with Gasteiger partial charge in [0, 0.05) is 5.92 Å². The first kappa shape index (κ1) is 16.7. The van der Waals surface area contributed by atoms with E-state index in [1.165, 1.54) is 6.08 Å². The minimum atomic E-state index is -1.80. The highest BCUT2D eigenvalue weighted by atomic mass is 35.6. The Bertz CT molecular complexity index is 167. The normalized spacial score (nSPS) is 12.8. The molecule has 1 unspecified atom stereocenters. The molecule has 0 aromatic heterocycles. The molecule has 2 N–H and O–H groups in total. The average Bonchev–Trinajstić information content (AvgIpc) is 2.05. The predicted octanol–water partition coefficient (Wildman–Crippen LogP) is 3.05. The van der Waals surface area contributed by atoms with Crippen LogP contribution in [0.5, 0.6) is 0 Å². The Morgan fingerprint density at radius 1 is 1.29 bits per heavy atom. The first-order valence-electron chi connectivity index (χ1n) is 3.94. The van der Waals surface area contributed by atoms with Crippen LogP contribution in [0.3, 0.4) is 0 Å². The zero-order valence-corrected chi connectivity index (χ0v) is 10.2. The van der Waals surface area contributed by atoms with Gasteiger partial charge >= 0.3 is 0 Å². The van der Waals surface area contributed by atoms with Crippen LogP contribution < -0.4 is 0 Å². The van der Waals surface area contributed by atoms with E-state index in [2.05, 4.69) is 13.2 Å². The molecule has 5 heteroatoms. The van der Waals surface area contributed by atoms with Crippen LogP contribution in [0.15, 0.2) is 25.3 Å². The minimum Gasteiger partial charge on any atom is -0.362 e. The fraction of sp³-hybridized carbons (Fsp3) is 0.556. The summed E-state index contributed by atoms with van der Waals surface area (Å²) >= 11 is 14.4. The summed E-state index contributed by atoms with van der Waals surface area (Å²) in [5.41, 5.74) is 0. The van der Waals surface area contributed by atoms with Gasteiger partial charge in [0.15, 0.2) is 10.1 Å². The second-order valence-electron chi connectivity index (χ2n) is 2.49.